The van der Waals surface area contributed by atoms with Gasteiger partial charge in [-0.1, -0.05) is 17.7 Å². The lowest BCUT2D eigenvalue weighted by molar-refractivity contribution is -0.481. The minimum absolute atomic E-state index is 0.0830. The van der Waals surface area contributed by atoms with Gasteiger partial charge < -0.3 is 0 Å². The van der Waals surface area contributed by atoms with Crippen LogP contribution in [0.4, 0.5) is 5.69 Å². The van der Waals surface area contributed by atoms with Gasteiger partial charge in [0.15, 0.2) is 0 Å². The predicted molar refractivity (Wildman–Crippen MR) is 70.0 cm³/mol. The van der Waals surface area contributed by atoms with Crippen molar-refractivity contribution in [3.05, 3.63) is 61.2 Å². The molecule has 7 nitrogen and oxygen atoms in total. The average Bonchev–Trinajstić information content (AvgIpc) is 3.23. The number of hydrogen-bond donors (Lipinski definition) is 0. The first-order chi connectivity index (χ1) is 9.52. The van der Waals surface area contributed by atoms with Crippen LogP contribution in [0.5, 0.6) is 0 Å². The number of non-ortho nitro benzene ring substituents is 1. The van der Waals surface area contributed by atoms with Crippen molar-refractivity contribution in [2.24, 2.45) is 0 Å². The molecule has 1 aliphatic rings. The number of nitro benzene ring substituents is 1. The minimum atomic E-state index is -0.638. The fraction of sp³-hybridized carbons (Fsp3) is 0.308. The molecule has 0 aliphatic heterocycles. The summed E-state index contributed by atoms with van der Waals surface area (Å²) in [5.74, 6) is -0.638. The molecule has 2 rings (SSSR count). The summed E-state index contributed by atoms with van der Waals surface area (Å²) in [7, 11) is 0. The van der Waals surface area contributed by atoms with E-state index in [1.807, 2.05) is 0 Å². The fourth-order valence-electron chi connectivity index (χ4n) is 2.12. The Labute approximate surface area is 114 Å². The smallest absolute Gasteiger partial charge is 0.269 e. The molecule has 0 aromatic heterocycles. The lowest BCUT2D eigenvalue weighted by Gasteiger charge is -2.13. The number of nitro groups is 2. The summed E-state index contributed by atoms with van der Waals surface area (Å²) in [5.41, 5.74) is 1.84. The van der Waals surface area contributed by atoms with Gasteiger partial charge in [0, 0.05) is 22.6 Å². The van der Waals surface area contributed by atoms with Crippen LogP contribution in [0.25, 0.3) is 0 Å². The van der Waals surface area contributed by atoms with Crippen LogP contribution in [-0.2, 0) is 4.79 Å². The quantitative estimate of drug-likeness (QED) is 0.343. The Kier molecular flexibility index (Phi) is 3.88. The highest BCUT2D eigenvalue weighted by atomic mass is 16.6. The van der Waals surface area contributed by atoms with Gasteiger partial charge in [0.1, 0.15) is 6.29 Å². The van der Waals surface area contributed by atoms with Gasteiger partial charge in [0.25, 0.3) is 5.69 Å². The summed E-state index contributed by atoms with van der Waals surface area (Å²) < 4.78 is 0. The van der Waals surface area contributed by atoms with Gasteiger partial charge in [0.05, 0.1) is 10.8 Å². The van der Waals surface area contributed by atoms with Gasteiger partial charge in [-0.2, -0.15) is 0 Å². The van der Waals surface area contributed by atoms with Crippen molar-refractivity contribution >= 4 is 12.0 Å². The molecule has 0 amide bonds. The number of allylic oxidation sites excluding steroid dienone is 1. The predicted octanol–water partition coefficient (Wildman–Crippen LogP) is 2.24. The molecular formula is C13H12N2O5. The molecule has 1 saturated carbocycles. The monoisotopic (exact) mass is 276 g/mol. The van der Waals surface area contributed by atoms with Crippen LogP contribution in [0.1, 0.15) is 24.3 Å². The highest BCUT2D eigenvalue weighted by molar-refractivity contribution is 5.78. The van der Waals surface area contributed by atoms with Crippen LogP contribution in [0.15, 0.2) is 35.4 Å². The first-order valence-electron chi connectivity index (χ1n) is 6.06. The highest BCUT2D eigenvalue weighted by Crippen LogP contribution is 2.37. The highest BCUT2D eigenvalue weighted by Gasteiger charge is 2.29. The van der Waals surface area contributed by atoms with E-state index in [4.69, 9.17) is 0 Å². The molecule has 1 atom stereocenters. The zero-order valence-corrected chi connectivity index (χ0v) is 10.5. The van der Waals surface area contributed by atoms with Crippen LogP contribution in [0.2, 0.25) is 0 Å². The number of carbonyl (C=O) groups is 1. The van der Waals surface area contributed by atoms with Crippen LogP contribution < -0.4 is 0 Å². The fourth-order valence-corrected chi connectivity index (χ4v) is 2.12. The van der Waals surface area contributed by atoms with Gasteiger partial charge in [-0.05, 0) is 18.4 Å². The Hall–Kier alpha value is -2.57. The Bertz CT molecular complexity index is 585. The van der Waals surface area contributed by atoms with Crippen LogP contribution in [0.3, 0.4) is 0 Å². The van der Waals surface area contributed by atoms with E-state index in [9.17, 15) is 25.0 Å². The Morgan fingerprint density at radius 2 is 1.80 bits per heavy atom. The van der Waals surface area contributed by atoms with E-state index in [0.29, 0.717) is 17.4 Å². The summed E-state index contributed by atoms with van der Waals surface area (Å²) >= 11 is 0. The number of benzene rings is 1. The van der Waals surface area contributed by atoms with Gasteiger partial charge in [0.2, 0.25) is 6.54 Å². The van der Waals surface area contributed by atoms with Crippen molar-refractivity contribution in [1.29, 1.82) is 0 Å². The molecule has 0 radical (unpaired) electrons. The molecule has 0 saturated heterocycles. The van der Waals surface area contributed by atoms with Crippen molar-refractivity contribution in [2.45, 2.75) is 18.8 Å². The summed E-state index contributed by atoms with van der Waals surface area (Å²) in [4.78, 5) is 31.5. The molecule has 0 spiro atoms. The van der Waals surface area contributed by atoms with Crippen LogP contribution in [-0.4, -0.2) is 22.7 Å². The molecule has 1 aromatic carbocycles. The SMILES string of the molecule is O=CC(=C1CC1)C(C[N+](=O)[O-])c1ccc([N+](=O)[O-])cc1. The zero-order valence-electron chi connectivity index (χ0n) is 10.5. The molecule has 1 aliphatic carbocycles. The Morgan fingerprint density at radius 3 is 2.20 bits per heavy atom. The van der Waals surface area contributed by atoms with Crippen molar-refractivity contribution in [2.75, 3.05) is 6.54 Å². The van der Waals surface area contributed by atoms with Gasteiger partial charge in [-0.3, -0.25) is 25.0 Å². The van der Waals surface area contributed by atoms with Crippen LogP contribution in [0, 0.1) is 20.2 Å². The molecule has 1 aromatic rings. The number of aldehydes is 1. The van der Waals surface area contributed by atoms with Crippen molar-refractivity contribution in [3.8, 4) is 0 Å². The third-order valence-electron chi connectivity index (χ3n) is 3.25. The summed E-state index contributed by atoms with van der Waals surface area (Å²) in [6.07, 6.45) is 2.24. The number of nitrogens with zero attached hydrogens (tertiary/aromatic N) is 2. The third-order valence-corrected chi connectivity index (χ3v) is 3.25. The van der Waals surface area contributed by atoms with Crippen molar-refractivity contribution in [3.63, 3.8) is 0 Å². The van der Waals surface area contributed by atoms with E-state index in [2.05, 4.69) is 0 Å². The first kappa shape index (κ1) is 13.9. The lowest BCUT2D eigenvalue weighted by Crippen LogP contribution is -2.16. The lowest BCUT2D eigenvalue weighted by atomic mass is 9.91. The van der Waals surface area contributed by atoms with E-state index >= 15 is 0 Å². The second-order valence-corrected chi connectivity index (χ2v) is 4.59. The Balaban J connectivity index is 2.35. The number of carbonyl (C=O) groups excluding carboxylic acids is 1. The van der Waals surface area contributed by atoms with Gasteiger partial charge in [-0.25, -0.2) is 0 Å². The van der Waals surface area contributed by atoms with Crippen LogP contribution >= 0.6 is 0 Å². The second kappa shape index (κ2) is 5.60. The molecule has 20 heavy (non-hydrogen) atoms. The topological polar surface area (TPSA) is 103 Å². The molecule has 1 fully saturated rings. The number of rotatable bonds is 6. The normalized spacial score (nSPS) is 14.5. The second-order valence-electron chi connectivity index (χ2n) is 4.59. The Morgan fingerprint density at radius 1 is 1.20 bits per heavy atom. The van der Waals surface area contributed by atoms with E-state index in [1.54, 1.807) is 0 Å². The van der Waals surface area contributed by atoms with Gasteiger partial charge >= 0.3 is 0 Å². The summed E-state index contributed by atoms with van der Waals surface area (Å²) in [5, 5.41) is 21.4. The van der Waals surface area contributed by atoms with E-state index in [-0.39, 0.29) is 5.69 Å². The summed E-state index contributed by atoms with van der Waals surface area (Å²) in [6, 6.07) is 5.53. The molecule has 0 bridgehead atoms. The van der Waals surface area contributed by atoms with Crippen molar-refractivity contribution < 1.29 is 14.6 Å². The zero-order chi connectivity index (χ0) is 14.7. The molecular weight excluding hydrogens is 264 g/mol. The maximum absolute atomic E-state index is 11.2. The van der Waals surface area contributed by atoms with E-state index in [1.165, 1.54) is 24.3 Å². The molecule has 104 valence electrons. The number of hydrogen-bond acceptors (Lipinski definition) is 5. The third kappa shape index (κ3) is 3.05. The molecule has 0 N–H and O–H groups in total. The van der Waals surface area contributed by atoms with Crippen molar-refractivity contribution in [1.82, 2.24) is 0 Å². The maximum Gasteiger partial charge on any atom is 0.269 e. The minimum Gasteiger partial charge on any atom is -0.298 e. The average molecular weight is 276 g/mol. The molecule has 1 unspecified atom stereocenters. The van der Waals surface area contributed by atoms with Gasteiger partial charge in [-0.15, -0.1) is 0 Å². The van der Waals surface area contributed by atoms with E-state index < -0.39 is 22.3 Å². The standard InChI is InChI=1S/C13H12N2O5/c16-8-13(10-1-2-10)12(7-14(17)18)9-3-5-11(6-4-9)15(19)20/h3-6,8,12H,1-2,7H2. The largest absolute Gasteiger partial charge is 0.298 e. The molecule has 0 heterocycles. The molecule has 7 heteroatoms. The van der Waals surface area contributed by atoms with E-state index in [0.717, 1.165) is 18.4 Å². The maximum atomic E-state index is 11.2. The first-order valence-corrected chi connectivity index (χ1v) is 6.06. The summed E-state index contributed by atoms with van der Waals surface area (Å²) in [6.45, 7) is -0.393.